The summed E-state index contributed by atoms with van der Waals surface area (Å²) in [4.78, 5) is 30.3. The number of nitrogens with zero attached hydrogens (tertiary/aromatic N) is 3. The molecule has 0 aliphatic heterocycles. The molecule has 4 rings (SSSR count). The number of carbonyl (C=O) groups excluding carboxylic acids is 1. The van der Waals surface area contributed by atoms with E-state index in [1.165, 1.54) is 17.9 Å². The van der Waals surface area contributed by atoms with E-state index in [1.807, 2.05) is 32.0 Å². The van der Waals surface area contributed by atoms with Crippen molar-refractivity contribution in [1.82, 2.24) is 19.7 Å². The van der Waals surface area contributed by atoms with Gasteiger partial charge in [-0.3, -0.25) is 19.3 Å². The van der Waals surface area contributed by atoms with Crippen molar-refractivity contribution in [2.75, 3.05) is 18.2 Å². The van der Waals surface area contributed by atoms with Gasteiger partial charge in [0.15, 0.2) is 10.8 Å². The predicted molar refractivity (Wildman–Crippen MR) is 126 cm³/mol. The van der Waals surface area contributed by atoms with E-state index in [0.29, 0.717) is 32.6 Å². The number of methoxy groups -OCH3 is 1. The summed E-state index contributed by atoms with van der Waals surface area (Å²) in [6.07, 6.45) is 1.42. The van der Waals surface area contributed by atoms with Crippen LogP contribution in [0.1, 0.15) is 11.1 Å². The van der Waals surface area contributed by atoms with Crippen molar-refractivity contribution >= 4 is 46.0 Å². The van der Waals surface area contributed by atoms with Crippen LogP contribution in [0.4, 0.5) is 5.69 Å². The molecule has 0 unspecified atom stereocenters. The van der Waals surface area contributed by atoms with Gasteiger partial charge < -0.3 is 10.1 Å². The number of rotatable bonds is 6. The van der Waals surface area contributed by atoms with Gasteiger partial charge in [-0.1, -0.05) is 41.1 Å². The number of nitrogens with one attached hydrogen (secondary N) is 2. The highest BCUT2D eigenvalue weighted by atomic mass is 35.5. The van der Waals surface area contributed by atoms with Gasteiger partial charge >= 0.3 is 0 Å². The van der Waals surface area contributed by atoms with Gasteiger partial charge in [0.05, 0.1) is 29.8 Å². The minimum absolute atomic E-state index is 0.0588. The number of aryl methyl sites for hydroxylation is 2. The number of hydrogen-bond acceptors (Lipinski definition) is 6. The van der Waals surface area contributed by atoms with Crippen LogP contribution in [0.25, 0.3) is 16.7 Å². The third-order valence-electron chi connectivity index (χ3n) is 4.83. The topological polar surface area (TPSA) is 102 Å². The third kappa shape index (κ3) is 4.35. The summed E-state index contributed by atoms with van der Waals surface area (Å²) >= 11 is 7.42. The Morgan fingerprint density at radius 3 is 2.78 bits per heavy atom. The molecule has 1 amide bonds. The zero-order chi connectivity index (χ0) is 22.8. The van der Waals surface area contributed by atoms with E-state index in [9.17, 15) is 9.59 Å². The second kappa shape index (κ2) is 9.05. The van der Waals surface area contributed by atoms with Crippen LogP contribution in [0.2, 0.25) is 5.02 Å². The molecular weight excluding hydrogens is 450 g/mol. The molecule has 0 saturated heterocycles. The van der Waals surface area contributed by atoms with E-state index in [1.54, 1.807) is 18.2 Å². The molecule has 0 atom stereocenters. The lowest BCUT2D eigenvalue weighted by molar-refractivity contribution is -0.113. The van der Waals surface area contributed by atoms with E-state index in [-0.39, 0.29) is 17.2 Å². The number of thioether (sulfide) groups is 1. The number of benzene rings is 2. The maximum Gasteiger partial charge on any atom is 0.269 e. The number of carbonyl (C=O) groups is 1. The largest absolute Gasteiger partial charge is 0.495 e. The Bertz CT molecular complexity index is 1380. The molecule has 2 heterocycles. The average molecular weight is 470 g/mol. The van der Waals surface area contributed by atoms with E-state index in [4.69, 9.17) is 16.3 Å². The number of aromatic amines is 1. The van der Waals surface area contributed by atoms with Gasteiger partial charge in [0, 0.05) is 5.69 Å². The molecule has 0 bridgehead atoms. The van der Waals surface area contributed by atoms with E-state index >= 15 is 0 Å². The maximum atomic E-state index is 13.2. The zero-order valence-corrected chi connectivity index (χ0v) is 19.2. The Morgan fingerprint density at radius 2 is 2.06 bits per heavy atom. The van der Waals surface area contributed by atoms with Crippen LogP contribution in [-0.4, -0.2) is 38.5 Å². The SMILES string of the molecule is COc1ccc(-n2c(SCC(=O)Nc3ccc(C)cc3C)nc3[nH]ncc3c2=O)cc1Cl. The van der Waals surface area contributed by atoms with Crippen molar-refractivity contribution in [2.24, 2.45) is 0 Å². The third-order valence-corrected chi connectivity index (χ3v) is 6.07. The average Bonchev–Trinajstić information content (AvgIpc) is 3.23. The van der Waals surface area contributed by atoms with E-state index in [0.717, 1.165) is 28.6 Å². The number of fused-ring (bicyclic) bond motifs is 1. The number of ether oxygens (including phenoxy) is 1. The molecule has 0 aliphatic carbocycles. The lowest BCUT2D eigenvalue weighted by Gasteiger charge is -2.13. The fourth-order valence-electron chi connectivity index (χ4n) is 3.26. The molecule has 0 aliphatic rings. The molecule has 0 spiro atoms. The van der Waals surface area contributed by atoms with Crippen LogP contribution in [0.3, 0.4) is 0 Å². The van der Waals surface area contributed by atoms with Crippen LogP contribution in [0, 0.1) is 13.8 Å². The monoisotopic (exact) mass is 469 g/mol. The first-order valence-corrected chi connectivity index (χ1v) is 11.0. The lowest BCUT2D eigenvalue weighted by atomic mass is 10.1. The van der Waals surface area contributed by atoms with Crippen LogP contribution >= 0.6 is 23.4 Å². The molecule has 2 N–H and O–H groups in total. The van der Waals surface area contributed by atoms with Gasteiger partial charge in [0.2, 0.25) is 5.91 Å². The number of amides is 1. The lowest BCUT2D eigenvalue weighted by Crippen LogP contribution is -2.22. The Balaban J connectivity index is 1.66. The highest BCUT2D eigenvalue weighted by molar-refractivity contribution is 7.99. The quantitative estimate of drug-likeness (QED) is 0.325. The maximum absolute atomic E-state index is 13.2. The zero-order valence-electron chi connectivity index (χ0n) is 17.6. The number of hydrogen-bond donors (Lipinski definition) is 2. The van der Waals surface area contributed by atoms with Crippen molar-refractivity contribution in [3.63, 3.8) is 0 Å². The molecule has 32 heavy (non-hydrogen) atoms. The number of H-pyrrole nitrogens is 1. The number of anilines is 1. The molecule has 0 radical (unpaired) electrons. The fourth-order valence-corrected chi connectivity index (χ4v) is 4.32. The van der Waals surface area contributed by atoms with Crippen molar-refractivity contribution in [1.29, 1.82) is 0 Å². The Hall–Kier alpha value is -3.30. The Labute approximate surface area is 193 Å². The molecule has 10 heteroatoms. The summed E-state index contributed by atoms with van der Waals surface area (Å²) < 4.78 is 6.61. The minimum atomic E-state index is -0.317. The van der Waals surface area contributed by atoms with Crippen molar-refractivity contribution in [2.45, 2.75) is 19.0 Å². The minimum Gasteiger partial charge on any atom is -0.495 e. The first kappa shape index (κ1) is 21.9. The molecule has 8 nitrogen and oxygen atoms in total. The van der Waals surface area contributed by atoms with E-state index < -0.39 is 0 Å². The van der Waals surface area contributed by atoms with Gasteiger partial charge in [0.1, 0.15) is 11.1 Å². The Morgan fingerprint density at radius 1 is 1.25 bits per heavy atom. The fraction of sp³-hybridized carbons (Fsp3) is 0.182. The van der Waals surface area contributed by atoms with Crippen molar-refractivity contribution in [3.8, 4) is 11.4 Å². The normalized spacial score (nSPS) is 11.0. The van der Waals surface area contributed by atoms with Gasteiger partial charge in [-0.15, -0.1) is 0 Å². The number of aromatic nitrogens is 4. The molecule has 164 valence electrons. The summed E-state index contributed by atoms with van der Waals surface area (Å²) in [7, 11) is 1.52. The van der Waals surface area contributed by atoms with Crippen LogP contribution in [0.5, 0.6) is 5.75 Å². The molecule has 4 aromatic rings. The first-order valence-electron chi connectivity index (χ1n) is 9.67. The smallest absolute Gasteiger partial charge is 0.269 e. The van der Waals surface area contributed by atoms with Gasteiger partial charge in [-0.2, -0.15) is 5.10 Å². The molecule has 2 aromatic heterocycles. The van der Waals surface area contributed by atoms with Crippen molar-refractivity contribution < 1.29 is 9.53 Å². The van der Waals surface area contributed by atoms with Crippen LogP contribution < -0.4 is 15.6 Å². The molecule has 2 aromatic carbocycles. The summed E-state index contributed by atoms with van der Waals surface area (Å²) in [5.74, 6) is 0.339. The standard InChI is InChI=1S/C22H20ClN5O3S/c1-12-4-6-17(13(2)8-12)25-19(29)11-32-22-26-20-15(10-24-27-20)21(30)28(22)14-5-7-18(31-3)16(23)9-14/h4-10H,11H2,1-3H3,(H,24,27)(H,25,29). The van der Waals surface area contributed by atoms with Gasteiger partial charge in [0.25, 0.3) is 5.56 Å². The Kier molecular flexibility index (Phi) is 6.20. The van der Waals surface area contributed by atoms with Gasteiger partial charge in [-0.25, -0.2) is 4.98 Å². The highest BCUT2D eigenvalue weighted by Crippen LogP contribution is 2.28. The summed E-state index contributed by atoms with van der Waals surface area (Å²) in [5, 5.41) is 10.6. The van der Waals surface area contributed by atoms with Crippen LogP contribution in [-0.2, 0) is 4.79 Å². The summed E-state index contributed by atoms with van der Waals surface area (Å²) in [6, 6.07) is 10.8. The first-order chi connectivity index (χ1) is 15.4. The highest BCUT2D eigenvalue weighted by Gasteiger charge is 2.17. The van der Waals surface area contributed by atoms with Gasteiger partial charge in [-0.05, 0) is 43.7 Å². The summed E-state index contributed by atoms with van der Waals surface area (Å²) in [6.45, 7) is 3.94. The molecule has 0 saturated carbocycles. The predicted octanol–water partition coefficient (Wildman–Crippen LogP) is 4.12. The van der Waals surface area contributed by atoms with Crippen molar-refractivity contribution in [3.05, 3.63) is 69.1 Å². The molecular formula is C22H20ClN5O3S. The summed E-state index contributed by atoms with van der Waals surface area (Å²) in [5.41, 5.74) is 3.39. The second-order valence-electron chi connectivity index (χ2n) is 7.14. The molecule has 0 fully saturated rings. The number of halogens is 1. The van der Waals surface area contributed by atoms with E-state index in [2.05, 4.69) is 20.5 Å². The second-order valence-corrected chi connectivity index (χ2v) is 8.49. The van der Waals surface area contributed by atoms with Crippen LogP contribution in [0.15, 0.2) is 52.5 Å².